The smallest absolute Gasteiger partial charge is 0.351 e. The summed E-state index contributed by atoms with van der Waals surface area (Å²) in [6, 6.07) is 0. The van der Waals surface area contributed by atoms with E-state index in [9.17, 15) is 9.59 Å². The number of allylic oxidation sites excluding steroid dienone is 2. The molecule has 0 aliphatic carbocycles. The number of hydrogen-bond acceptors (Lipinski definition) is 3. The molecular formula is C6H6ClNO4. The normalized spacial score (nSPS) is 12.8. The molecule has 66 valence electrons. The molecule has 12 heavy (non-hydrogen) atoms. The van der Waals surface area contributed by atoms with E-state index in [1.165, 1.54) is 0 Å². The highest BCUT2D eigenvalue weighted by atomic mass is 35.5. The first-order chi connectivity index (χ1) is 5.45. The van der Waals surface area contributed by atoms with Crippen molar-refractivity contribution in [3.05, 3.63) is 22.9 Å². The molecule has 4 N–H and O–H groups in total. The third kappa shape index (κ3) is 3.62. The van der Waals surface area contributed by atoms with Gasteiger partial charge < -0.3 is 15.9 Å². The fourth-order valence-electron chi connectivity index (χ4n) is 0.306. The summed E-state index contributed by atoms with van der Waals surface area (Å²) < 4.78 is 0. The number of rotatable bonds is 3. The summed E-state index contributed by atoms with van der Waals surface area (Å²) in [5, 5.41) is 15.9. The lowest BCUT2D eigenvalue weighted by Crippen LogP contribution is -2.09. The quantitative estimate of drug-likeness (QED) is 0.435. The van der Waals surface area contributed by atoms with E-state index in [1.807, 2.05) is 0 Å². The number of hydrogen-bond donors (Lipinski definition) is 3. The van der Waals surface area contributed by atoms with E-state index in [4.69, 9.17) is 27.5 Å². The summed E-state index contributed by atoms with van der Waals surface area (Å²) in [6.07, 6.45) is 1.80. The van der Waals surface area contributed by atoms with E-state index in [2.05, 4.69) is 0 Å². The minimum atomic E-state index is -1.34. The van der Waals surface area contributed by atoms with E-state index in [1.54, 1.807) is 0 Å². The van der Waals surface area contributed by atoms with Crippen LogP contribution in [-0.2, 0) is 9.59 Å². The first kappa shape index (κ1) is 10.5. The lowest BCUT2D eigenvalue weighted by Gasteiger charge is -1.89. The fourth-order valence-corrected chi connectivity index (χ4v) is 0.369. The molecule has 0 atom stereocenters. The lowest BCUT2D eigenvalue weighted by atomic mass is 10.4. The molecule has 0 unspecified atom stereocenters. The molecule has 0 aliphatic rings. The van der Waals surface area contributed by atoms with Crippen LogP contribution in [0, 0.1) is 0 Å². The van der Waals surface area contributed by atoms with Crippen LogP contribution in [0.3, 0.4) is 0 Å². The Bertz CT molecular complexity index is 241. The predicted molar refractivity (Wildman–Crippen MR) is 41.5 cm³/mol. The molecule has 0 aromatic heterocycles. The SMILES string of the molecule is NC(=CC=C(Cl)C(=O)O)C(=O)O. The number of aliphatic carboxylic acids is 2. The fraction of sp³-hybridized carbons (Fsp3) is 0. The number of halogens is 1. The van der Waals surface area contributed by atoms with E-state index in [-0.39, 0.29) is 0 Å². The summed E-state index contributed by atoms with van der Waals surface area (Å²) >= 11 is 5.13. The summed E-state index contributed by atoms with van der Waals surface area (Å²) in [7, 11) is 0. The minimum absolute atomic E-state index is 0.477. The summed E-state index contributed by atoms with van der Waals surface area (Å²) in [6.45, 7) is 0. The van der Waals surface area contributed by atoms with Crippen LogP contribution in [-0.4, -0.2) is 22.2 Å². The Kier molecular flexibility index (Phi) is 3.85. The maximum atomic E-state index is 10.1. The van der Waals surface area contributed by atoms with E-state index >= 15 is 0 Å². The van der Waals surface area contributed by atoms with Crippen LogP contribution in [0.15, 0.2) is 22.9 Å². The van der Waals surface area contributed by atoms with Gasteiger partial charge in [0, 0.05) is 0 Å². The summed E-state index contributed by atoms with van der Waals surface area (Å²) in [5.41, 5.74) is 4.45. The van der Waals surface area contributed by atoms with Crippen LogP contribution >= 0.6 is 11.6 Å². The maximum absolute atomic E-state index is 10.1. The highest BCUT2D eigenvalue weighted by molar-refractivity contribution is 6.41. The van der Waals surface area contributed by atoms with Crippen LogP contribution in [0.4, 0.5) is 0 Å². The zero-order valence-corrected chi connectivity index (χ0v) is 6.58. The van der Waals surface area contributed by atoms with Gasteiger partial charge in [-0.3, -0.25) is 0 Å². The molecule has 0 saturated carbocycles. The van der Waals surface area contributed by atoms with Gasteiger partial charge in [-0.2, -0.15) is 0 Å². The van der Waals surface area contributed by atoms with Gasteiger partial charge in [0.25, 0.3) is 0 Å². The van der Waals surface area contributed by atoms with Gasteiger partial charge >= 0.3 is 11.9 Å². The molecule has 6 heteroatoms. The lowest BCUT2D eigenvalue weighted by molar-refractivity contribution is -0.133. The van der Waals surface area contributed by atoms with Gasteiger partial charge in [-0.25, -0.2) is 9.59 Å². The van der Waals surface area contributed by atoms with Gasteiger partial charge in [-0.05, 0) is 12.2 Å². The molecule has 0 fully saturated rings. The first-order valence-electron chi connectivity index (χ1n) is 2.74. The van der Waals surface area contributed by atoms with Crippen LogP contribution in [0.2, 0.25) is 0 Å². The van der Waals surface area contributed by atoms with Crippen LogP contribution in [0.5, 0.6) is 0 Å². The van der Waals surface area contributed by atoms with Crippen molar-refractivity contribution in [2.45, 2.75) is 0 Å². The Morgan fingerprint density at radius 3 is 2.00 bits per heavy atom. The molecule has 0 aromatic carbocycles. The van der Waals surface area contributed by atoms with Gasteiger partial charge in [0.1, 0.15) is 10.7 Å². The van der Waals surface area contributed by atoms with Crippen molar-refractivity contribution in [3.8, 4) is 0 Å². The average Bonchev–Trinajstić information content (AvgIpc) is 1.98. The minimum Gasteiger partial charge on any atom is -0.477 e. The molecular weight excluding hydrogens is 186 g/mol. The largest absolute Gasteiger partial charge is 0.477 e. The molecule has 0 spiro atoms. The molecule has 0 aliphatic heterocycles. The van der Waals surface area contributed by atoms with Crippen molar-refractivity contribution in [2.75, 3.05) is 0 Å². The van der Waals surface area contributed by atoms with Crippen molar-refractivity contribution in [2.24, 2.45) is 5.73 Å². The molecule has 0 radical (unpaired) electrons. The Morgan fingerprint density at radius 2 is 1.67 bits per heavy atom. The van der Waals surface area contributed by atoms with Gasteiger partial charge in [0.05, 0.1) is 0 Å². The molecule has 0 amide bonds. The summed E-state index contributed by atoms with van der Waals surface area (Å²) in [4.78, 5) is 20.1. The number of nitrogens with two attached hydrogens (primary N) is 1. The number of carbonyl (C=O) groups is 2. The maximum Gasteiger partial charge on any atom is 0.351 e. The first-order valence-corrected chi connectivity index (χ1v) is 3.12. The molecule has 0 bridgehead atoms. The third-order valence-electron chi connectivity index (χ3n) is 0.860. The van der Waals surface area contributed by atoms with E-state index in [0.717, 1.165) is 12.2 Å². The second-order valence-electron chi connectivity index (χ2n) is 1.75. The standard InChI is InChI=1S/C6H6ClNO4/c7-3(5(9)10)1-2-4(8)6(11)12/h1-2H,8H2,(H,9,10)(H,11,12). The topological polar surface area (TPSA) is 101 Å². The second-order valence-corrected chi connectivity index (χ2v) is 2.15. The summed E-state index contributed by atoms with van der Waals surface area (Å²) in [5.74, 6) is -2.67. The Morgan fingerprint density at radius 1 is 1.17 bits per heavy atom. The van der Waals surface area contributed by atoms with E-state index < -0.39 is 22.7 Å². The Labute approximate surface area is 72.7 Å². The Hall–Kier alpha value is -1.49. The molecule has 5 nitrogen and oxygen atoms in total. The van der Waals surface area contributed by atoms with Crippen molar-refractivity contribution in [3.63, 3.8) is 0 Å². The molecule has 0 heterocycles. The van der Waals surface area contributed by atoms with Gasteiger partial charge in [-0.1, -0.05) is 11.6 Å². The number of carboxylic acids is 2. The van der Waals surface area contributed by atoms with E-state index in [0.29, 0.717) is 0 Å². The molecule has 0 rings (SSSR count). The van der Waals surface area contributed by atoms with Gasteiger partial charge in [0.2, 0.25) is 0 Å². The molecule has 0 aromatic rings. The molecule has 0 saturated heterocycles. The zero-order valence-electron chi connectivity index (χ0n) is 5.82. The third-order valence-corrected chi connectivity index (χ3v) is 1.15. The highest BCUT2D eigenvalue weighted by Crippen LogP contribution is 2.01. The average molecular weight is 192 g/mol. The number of carboxylic acid groups (broad SMARTS) is 2. The highest BCUT2D eigenvalue weighted by Gasteiger charge is 2.02. The van der Waals surface area contributed by atoms with Gasteiger partial charge in [-0.15, -0.1) is 0 Å². The second kappa shape index (κ2) is 4.40. The van der Waals surface area contributed by atoms with Crippen molar-refractivity contribution in [1.29, 1.82) is 0 Å². The zero-order chi connectivity index (χ0) is 9.72. The van der Waals surface area contributed by atoms with Crippen LogP contribution in [0.25, 0.3) is 0 Å². The van der Waals surface area contributed by atoms with Crippen LogP contribution in [0.1, 0.15) is 0 Å². The van der Waals surface area contributed by atoms with Crippen molar-refractivity contribution < 1.29 is 19.8 Å². The van der Waals surface area contributed by atoms with Crippen molar-refractivity contribution in [1.82, 2.24) is 0 Å². The van der Waals surface area contributed by atoms with Crippen LogP contribution < -0.4 is 5.73 Å². The Balaban J connectivity index is 4.48. The van der Waals surface area contributed by atoms with Gasteiger partial charge in [0.15, 0.2) is 0 Å². The predicted octanol–water partition coefficient (Wildman–Crippen LogP) is 0.121. The monoisotopic (exact) mass is 191 g/mol. The van der Waals surface area contributed by atoms with Crippen molar-refractivity contribution >= 4 is 23.5 Å².